The second-order valence-corrected chi connectivity index (χ2v) is 5.40. The van der Waals surface area contributed by atoms with Gasteiger partial charge in [0, 0.05) is 32.2 Å². The van der Waals surface area contributed by atoms with E-state index in [1.807, 2.05) is 29.9 Å². The summed E-state index contributed by atoms with van der Waals surface area (Å²) in [5.41, 5.74) is 0. The van der Waals surface area contributed by atoms with Crippen molar-refractivity contribution in [1.29, 1.82) is 0 Å². The van der Waals surface area contributed by atoms with Crippen LogP contribution in [0.1, 0.15) is 32.6 Å². The van der Waals surface area contributed by atoms with Crippen LogP contribution in [0.4, 0.5) is 0 Å². The molecule has 0 saturated carbocycles. The summed E-state index contributed by atoms with van der Waals surface area (Å²) in [7, 11) is 0. The predicted octanol–water partition coefficient (Wildman–Crippen LogP) is 1.75. The van der Waals surface area contributed by atoms with Gasteiger partial charge in [0.15, 0.2) is 0 Å². The fourth-order valence-electron chi connectivity index (χ4n) is 2.37. The molecule has 1 atom stereocenters. The third kappa shape index (κ3) is 7.43. The van der Waals surface area contributed by atoms with Gasteiger partial charge in [-0.05, 0) is 32.7 Å². The number of carbonyl (C=O) groups excluding carboxylic acids is 1. The van der Waals surface area contributed by atoms with Crippen molar-refractivity contribution in [1.82, 2.24) is 10.2 Å². The van der Waals surface area contributed by atoms with Crippen molar-refractivity contribution in [2.24, 2.45) is 0 Å². The topological polar surface area (TPSA) is 50.8 Å². The molecule has 1 amide bonds. The lowest BCUT2D eigenvalue weighted by Gasteiger charge is -2.23. The van der Waals surface area contributed by atoms with E-state index in [-0.39, 0.29) is 5.91 Å². The fourth-order valence-corrected chi connectivity index (χ4v) is 2.79. The maximum Gasteiger partial charge on any atom is 0.222 e. The fraction of sp³-hybridized carbons (Fsp3) is 0.923. The molecule has 0 radical (unpaired) electrons. The molecule has 0 spiro atoms. The maximum absolute atomic E-state index is 11.2. The summed E-state index contributed by atoms with van der Waals surface area (Å²) in [5, 5.41) is 2.76. The van der Waals surface area contributed by atoms with E-state index in [4.69, 9.17) is 7.80 Å². The minimum atomic E-state index is 0.0706. The highest BCUT2D eigenvalue weighted by Crippen LogP contribution is 2.18. The van der Waals surface area contributed by atoms with E-state index in [0.29, 0.717) is 25.6 Å². The maximum atomic E-state index is 11.2. The van der Waals surface area contributed by atoms with E-state index in [2.05, 4.69) is 10.2 Å². The van der Waals surface area contributed by atoms with Gasteiger partial charge >= 0.3 is 0 Å². The summed E-state index contributed by atoms with van der Waals surface area (Å²) >= 11 is 1.97. The highest BCUT2D eigenvalue weighted by molar-refractivity contribution is 14.1. The van der Waals surface area contributed by atoms with E-state index in [0.717, 1.165) is 26.2 Å². The quantitative estimate of drug-likeness (QED) is 0.461. The van der Waals surface area contributed by atoms with Crippen LogP contribution in [0, 0.1) is 0 Å². The number of nitrogens with zero attached hydrogens (tertiary/aromatic N) is 1. The predicted molar refractivity (Wildman–Crippen MR) is 83.3 cm³/mol. The number of hydrogen-bond acceptors (Lipinski definition) is 4. The molecule has 0 aliphatic carbocycles. The first-order valence-corrected chi connectivity index (χ1v) is 7.98. The molecule has 0 aromatic carbocycles. The van der Waals surface area contributed by atoms with Crippen molar-refractivity contribution >= 4 is 28.9 Å². The van der Waals surface area contributed by atoms with Crippen molar-refractivity contribution < 1.29 is 12.6 Å². The van der Waals surface area contributed by atoms with E-state index >= 15 is 0 Å². The molecule has 1 aliphatic rings. The lowest BCUT2D eigenvalue weighted by molar-refractivity contribution is -0.122. The van der Waals surface area contributed by atoms with Crippen molar-refractivity contribution in [3.8, 4) is 0 Å². The summed E-state index contributed by atoms with van der Waals surface area (Å²) < 4.78 is 10.7. The zero-order valence-corrected chi connectivity index (χ0v) is 13.9. The van der Waals surface area contributed by atoms with Gasteiger partial charge in [-0.25, -0.2) is 0 Å². The molecule has 1 fully saturated rings. The molecule has 1 N–H and O–H groups in total. The third-order valence-electron chi connectivity index (χ3n) is 3.34. The Kier molecular flexibility index (Phi) is 9.76. The van der Waals surface area contributed by atoms with Crippen LogP contribution in [0.15, 0.2) is 0 Å². The smallest absolute Gasteiger partial charge is 0.222 e. The van der Waals surface area contributed by atoms with Gasteiger partial charge in [0.2, 0.25) is 5.91 Å². The van der Waals surface area contributed by atoms with E-state index in [1.54, 1.807) is 0 Å². The average Bonchev–Trinajstić information content (AvgIpc) is 2.82. The van der Waals surface area contributed by atoms with Crippen molar-refractivity contribution in [3.05, 3.63) is 0 Å². The number of ether oxygens (including phenoxy) is 1. The summed E-state index contributed by atoms with van der Waals surface area (Å²) in [6.07, 6.45) is 3.99. The Morgan fingerprint density at radius 1 is 1.47 bits per heavy atom. The first kappa shape index (κ1) is 17.1. The number of rotatable bonds is 10. The number of likely N-dealkylation sites (tertiary alicyclic amines) is 1. The molecule has 0 aromatic heterocycles. The second kappa shape index (κ2) is 10.8. The first-order chi connectivity index (χ1) is 9.27. The van der Waals surface area contributed by atoms with Crippen LogP contribution < -0.4 is 5.32 Å². The number of hydrogen-bond donors (Lipinski definition) is 1. The first-order valence-electron chi connectivity index (χ1n) is 7.10. The Morgan fingerprint density at radius 2 is 2.32 bits per heavy atom. The largest absolute Gasteiger partial charge is 0.381 e. The van der Waals surface area contributed by atoms with Crippen molar-refractivity contribution in [2.45, 2.75) is 38.6 Å². The molecule has 0 aromatic rings. The molecule has 6 heteroatoms. The lowest BCUT2D eigenvalue weighted by atomic mass is 10.2. The van der Waals surface area contributed by atoms with Gasteiger partial charge in [-0.3, -0.25) is 9.69 Å². The normalized spacial score (nSPS) is 19.8. The van der Waals surface area contributed by atoms with E-state index < -0.39 is 0 Å². The number of carbonyl (C=O) groups is 1. The molecule has 1 heterocycles. The third-order valence-corrected chi connectivity index (χ3v) is 3.70. The van der Waals surface area contributed by atoms with Crippen molar-refractivity contribution in [3.63, 3.8) is 0 Å². The molecule has 1 saturated heterocycles. The Bertz CT molecular complexity index is 254. The van der Waals surface area contributed by atoms with Gasteiger partial charge < -0.3 is 13.1 Å². The monoisotopic (exact) mass is 384 g/mol. The number of nitrogens with one attached hydrogen (secondary N) is 1. The molecule has 112 valence electrons. The van der Waals surface area contributed by atoms with Gasteiger partial charge in [0.25, 0.3) is 0 Å². The molecule has 0 bridgehead atoms. The number of amides is 1. The average molecular weight is 384 g/mol. The summed E-state index contributed by atoms with van der Waals surface area (Å²) in [5.74, 6) is 0.0706. The van der Waals surface area contributed by atoms with Crippen LogP contribution in [0.2, 0.25) is 0 Å². The number of halogens is 1. The van der Waals surface area contributed by atoms with Crippen molar-refractivity contribution in [2.75, 3.05) is 39.5 Å². The summed E-state index contributed by atoms with van der Waals surface area (Å²) in [4.78, 5) is 13.7. The van der Waals surface area contributed by atoms with Crippen LogP contribution in [0.3, 0.4) is 0 Å². The van der Waals surface area contributed by atoms with Gasteiger partial charge in [-0.1, -0.05) is 0 Å². The Balaban J connectivity index is 1.97. The highest BCUT2D eigenvalue weighted by Gasteiger charge is 2.23. The zero-order chi connectivity index (χ0) is 13.9. The Morgan fingerprint density at radius 3 is 3.05 bits per heavy atom. The van der Waals surface area contributed by atoms with Crippen LogP contribution in [-0.2, 0) is 12.6 Å². The lowest BCUT2D eigenvalue weighted by Crippen LogP contribution is -2.33. The molecule has 19 heavy (non-hydrogen) atoms. The van der Waals surface area contributed by atoms with Gasteiger partial charge in [-0.2, -0.15) is 0 Å². The highest BCUT2D eigenvalue weighted by atomic mass is 127. The van der Waals surface area contributed by atoms with E-state index in [9.17, 15) is 4.79 Å². The molecular formula is C13H25IN2O3. The summed E-state index contributed by atoms with van der Waals surface area (Å²) in [6.45, 7) is 6.91. The Labute approximate surface area is 130 Å². The van der Waals surface area contributed by atoms with Crippen LogP contribution >= 0.6 is 23.0 Å². The molecule has 5 nitrogen and oxygen atoms in total. The summed E-state index contributed by atoms with van der Waals surface area (Å²) in [6, 6.07) is 0.576. The van der Waals surface area contributed by atoms with Gasteiger partial charge in [-0.15, -0.1) is 0 Å². The van der Waals surface area contributed by atoms with E-state index in [1.165, 1.54) is 19.4 Å². The van der Waals surface area contributed by atoms with Gasteiger partial charge in [0.05, 0.1) is 13.2 Å². The minimum absolute atomic E-state index is 0.0706. The van der Waals surface area contributed by atoms with Crippen LogP contribution in [-0.4, -0.2) is 56.3 Å². The SMILES string of the molecule is CCNC(=O)CCOCCCN1CCC[C@H]1COI. The standard InChI is InChI=1S/C13H25IN2O3/c1-2-15-13(17)6-10-18-9-4-8-16-7-3-5-12(16)11-19-14/h12H,2-11H2,1H3,(H,15,17)/t12-/m0/s1. The zero-order valence-electron chi connectivity index (χ0n) is 11.7. The molecule has 0 unspecified atom stereocenters. The Hall–Kier alpha value is 0.0800. The molecule has 1 rings (SSSR count). The minimum Gasteiger partial charge on any atom is -0.381 e. The van der Waals surface area contributed by atoms with Crippen LogP contribution in [0.5, 0.6) is 0 Å². The van der Waals surface area contributed by atoms with Gasteiger partial charge in [0.1, 0.15) is 23.0 Å². The molecular weight excluding hydrogens is 359 g/mol. The molecule has 1 aliphatic heterocycles. The second-order valence-electron chi connectivity index (χ2n) is 4.78. The van der Waals surface area contributed by atoms with Crippen LogP contribution in [0.25, 0.3) is 0 Å².